The predicted octanol–water partition coefficient (Wildman–Crippen LogP) is 1.90. The summed E-state index contributed by atoms with van der Waals surface area (Å²) in [7, 11) is 0. The Balaban J connectivity index is 1.83. The molecule has 0 aromatic carbocycles. The van der Waals surface area contributed by atoms with Crippen molar-refractivity contribution in [3.63, 3.8) is 0 Å². The summed E-state index contributed by atoms with van der Waals surface area (Å²) in [5, 5.41) is 9.66. The number of nitrogens with one attached hydrogen (secondary N) is 2. The number of hydrogen-bond acceptors (Lipinski definition) is 4. The van der Waals surface area contributed by atoms with Gasteiger partial charge in [-0.25, -0.2) is 9.48 Å². The maximum absolute atomic E-state index is 12.1. The molecule has 1 unspecified atom stereocenters. The highest BCUT2D eigenvalue weighted by atomic mass is 16.2. The van der Waals surface area contributed by atoms with E-state index >= 15 is 0 Å². The second-order valence-corrected chi connectivity index (χ2v) is 6.58. The number of anilines is 1. The van der Waals surface area contributed by atoms with Gasteiger partial charge in [0.1, 0.15) is 11.4 Å². The SMILES string of the molecule is CCC(C)n1nccc1NC(=O)CCCN1C(=O)NC(C)(C)C1=O. The molecule has 1 aliphatic heterocycles. The first-order valence-corrected chi connectivity index (χ1v) is 8.23. The van der Waals surface area contributed by atoms with E-state index < -0.39 is 11.6 Å². The van der Waals surface area contributed by atoms with Crippen molar-refractivity contribution < 1.29 is 14.4 Å². The summed E-state index contributed by atoms with van der Waals surface area (Å²) in [5.41, 5.74) is -0.873. The predicted molar refractivity (Wildman–Crippen MR) is 89.4 cm³/mol. The van der Waals surface area contributed by atoms with Crippen molar-refractivity contribution in [1.82, 2.24) is 20.0 Å². The average Bonchev–Trinajstić information content (AvgIpc) is 3.04. The van der Waals surface area contributed by atoms with Crippen molar-refractivity contribution in [2.75, 3.05) is 11.9 Å². The molecule has 4 amide bonds. The van der Waals surface area contributed by atoms with Gasteiger partial charge in [0.2, 0.25) is 5.91 Å². The van der Waals surface area contributed by atoms with Gasteiger partial charge in [0.15, 0.2) is 0 Å². The van der Waals surface area contributed by atoms with Gasteiger partial charge in [-0.2, -0.15) is 5.10 Å². The number of rotatable bonds is 7. The largest absolute Gasteiger partial charge is 0.325 e. The van der Waals surface area contributed by atoms with Gasteiger partial charge in [-0.15, -0.1) is 0 Å². The van der Waals surface area contributed by atoms with Gasteiger partial charge in [0.25, 0.3) is 5.91 Å². The number of amides is 4. The fraction of sp³-hybridized carbons (Fsp3) is 0.625. The van der Waals surface area contributed by atoms with Crippen molar-refractivity contribution in [2.45, 2.75) is 58.5 Å². The molecule has 2 N–H and O–H groups in total. The second kappa shape index (κ2) is 7.02. The lowest BCUT2D eigenvalue weighted by molar-refractivity contribution is -0.130. The molecule has 1 saturated heterocycles. The van der Waals surface area contributed by atoms with Crippen LogP contribution in [0.5, 0.6) is 0 Å². The van der Waals surface area contributed by atoms with Crippen LogP contribution < -0.4 is 10.6 Å². The summed E-state index contributed by atoms with van der Waals surface area (Å²) >= 11 is 0. The standard InChI is InChI=1S/C16H25N5O3/c1-5-11(2)21-12(8-9-17-21)18-13(22)7-6-10-20-14(23)16(3,4)19-15(20)24/h8-9,11H,5-7,10H2,1-4H3,(H,18,22)(H,19,24). The van der Waals surface area contributed by atoms with Gasteiger partial charge in [-0.05, 0) is 33.6 Å². The minimum Gasteiger partial charge on any atom is -0.324 e. The highest BCUT2D eigenvalue weighted by molar-refractivity contribution is 6.06. The van der Waals surface area contributed by atoms with Gasteiger partial charge >= 0.3 is 6.03 Å². The summed E-state index contributed by atoms with van der Waals surface area (Å²) in [6.45, 7) is 7.64. The molecule has 24 heavy (non-hydrogen) atoms. The highest BCUT2D eigenvalue weighted by Crippen LogP contribution is 2.18. The van der Waals surface area contributed by atoms with Crippen LogP contribution in [0.2, 0.25) is 0 Å². The van der Waals surface area contributed by atoms with E-state index in [4.69, 9.17) is 0 Å². The third kappa shape index (κ3) is 3.74. The van der Waals surface area contributed by atoms with E-state index in [2.05, 4.69) is 22.7 Å². The first kappa shape index (κ1) is 18.0. The zero-order valence-corrected chi connectivity index (χ0v) is 14.6. The maximum atomic E-state index is 12.1. The van der Waals surface area contributed by atoms with Gasteiger partial charge in [-0.3, -0.25) is 14.5 Å². The molecular formula is C16H25N5O3. The van der Waals surface area contributed by atoms with Crippen molar-refractivity contribution in [1.29, 1.82) is 0 Å². The maximum Gasteiger partial charge on any atom is 0.325 e. The number of carbonyl (C=O) groups is 3. The third-order valence-electron chi connectivity index (χ3n) is 4.18. The topological polar surface area (TPSA) is 96.3 Å². The fourth-order valence-corrected chi connectivity index (χ4v) is 2.56. The summed E-state index contributed by atoms with van der Waals surface area (Å²) in [5.74, 6) is 0.236. The van der Waals surface area contributed by atoms with Crippen LogP contribution in [0.3, 0.4) is 0 Å². The number of nitrogens with zero attached hydrogens (tertiary/aromatic N) is 3. The molecule has 0 saturated carbocycles. The lowest BCUT2D eigenvalue weighted by Crippen LogP contribution is -2.40. The van der Waals surface area contributed by atoms with E-state index in [9.17, 15) is 14.4 Å². The van der Waals surface area contributed by atoms with Gasteiger partial charge < -0.3 is 10.6 Å². The molecule has 2 rings (SSSR count). The Morgan fingerprint density at radius 1 is 1.42 bits per heavy atom. The minimum atomic E-state index is -0.873. The molecule has 0 spiro atoms. The molecule has 8 heteroatoms. The zero-order chi connectivity index (χ0) is 17.9. The molecule has 132 valence electrons. The van der Waals surface area contributed by atoms with Crippen LogP contribution in [0.1, 0.15) is 53.0 Å². The summed E-state index contributed by atoms with van der Waals surface area (Å²) < 4.78 is 1.78. The minimum absolute atomic E-state index is 0.161. The molecule has 1 aliphatic rings. The van der Waals surface area contributed by atoms with E-state index in [0.717, 1.165) is 11.3 Å². The van der Waals surface area contributed by atoms with Crippen molar-refractivity contribution >= 4 is 23.7 Å². The monoisotopic (exact) mass is 335 g/mol. The first-order chi connectivity index (χ1) is 11.3. The number of aromatic nitrogens is 2. The Morgan fingerprint density at radius 3 is 2.71 bits per heavy atom. The van der Waals surface area contributed by atoms with Crippen LogP contribution in [0.15, 0.2) is 12.3 Å². The Kier molecular flexibility index (Phi) is 5.26. The van der Waals surface area contributed by atoms with Crippen LogP contribution in [-0.4, -0.2) is 44.6 Å². The second-order valence-electron chi connectivity index (χ2n) is 6.58. The van der Waals surface area contributed by atoms with Crippen LogP contribution in [0.4, 0.5) is 10.6 Å². The third-order valence-corrected chi connectivity index (χ3v) is 4.18. The van der Waals surface area contributed by atoms with Gasteiger partial charge in [0, 0.05) is 19.0 Å². The van der Waals surface area contributed by atoms with Crippen LogP contribution in [0, 0.1) is 0 Å². The molecule has 1 fully saturated rings. The van der Waals surface area contributed by atoms with Crippen molar-refractivity contribution in [3.8, 4) is 0 Å². The van der Waals surface area contributed by atoms with Crippen molar-refractivity contribution in [3.05, 3.63) is 12.3 Å². The number of urea groups is 1. The van der Waals surface area contributed by atoms with E-state index in [-0.39, 0.29) is 30.8 Å². The molecule has 8 nitrogen and oxygen atoms in total. The molecule has 1 atom stereocenters. The molecule has 1 aromatic rings. The van der Waals surface area contributed by atoms with E-state index in [0.29, 0.717) is 12.2 Å². The lowest BCUT2D eigenvalue weighted by atomic mass is 10.1. The lowest BCUT2D eigenvalue weighted by Gasteiger charge is -2.16. The summed E-state index contributed by atoms with van der Waals surface area (Å²) in [4.78, 5) is 37.1. The van der Waals surface area contributed by atoms with E-state index in [1.54, 1.807) is 30.8 Å². The molecule has 1 aromatic heterocycles. The number of carbonyl (C=O) groups excluding carboxylic acids is 3. The van der Waals surface area contributed by atoms with Crippen molar-refractivity contribution in [2.24, 2.45) is 0 Å². The quantitative estimate of drug-likeness (QED) is 0.744. The number of hydrogen-bond donors (Lipinski definition) is 2. The van der Waals surface area contributed by atoms with Crippen LogP contribution in [0.25, 0.3) is 0 Å². The Hall–Kier alpha value is -2.38. The van der Waals surface area contributed by atoms with Crippen LogP contribution >= 0.6 is 0 Å². The van der Waals surface area contributed by atoms with Gasteiger partial charge in [0.05, 0.1) is 12.2 Å². The van der Waals surface area contributed by atoms with Crippen LogP contribution in [-0.2, 0) is 9.59 Å². The average molecular weight is 335 g/mol. The molecular weight excluding hydrogens is 310 g/mol. The van der Waals surface area contributed by atoms with Gasteiger partial charge in [-0.1, -0.05) is 6.92 Å². The molecule has 0 bridgehead atoms. The summed E-state index contributed by atoms with van der Waals surface area (Å²) in [6, 6.07) is 1.55. The fourth-order valence-electron chi connectivity index (χ4n) is 2.56. The first-order valence-electron chi connectivity index (χ1n) is 8.23. The summed E-state index contributed by atoms with van der Waals surface area (Å²) in [6.07, 6.45) is 3.20. The molecule has 0 aliphatic carbocycles. The molecule has 0 radical (unpaired) electrons. The smallest absolute Gasteiger partial charge is 0.324 e. The Bertz CT molecular complexity index is 637. The highest BCUT2D eigenvalue weighted by Gasteiger charge is 2.43. The normalized spacial score (nSPS) is 17.8. The molecule has 2 heterocycles. The Morgan fingerprint density at radius 2 is 2.12 bits per heavy atom. The van der Waals surface area contributed by atoms with E-state index in [1.165, 1.54) is 0 Å². The number of imide groups is 1. The zero-order valence-electron chi connectivity index (χ0n) is 14.6. The Labute approximate surface area is 141 Å². The van der Waals surface area contributed by atoms with E-state index in [1.807, 2.05) is 6.92 Å².